The van der Waals surface area contributed by atoms with Gasteiger partial charge in [0.05, 0.1) is 0 Å². The van der Waals surface area contributed by atoms with E-state index in [2.05, 4.69) is 48.9 Å². The van der Waals surface area contributed by atoms with Gasteiger partial charge in [-0.25, -0.2) is 0 Å². The van der Waals surface area contributed by atoms with Gasteiger partial charge in [0.2, 0.25) is 0 Å². The van der Waals surface area contributed by atoms with Crippen molar-refractivity contribution in [2.75, 3.05) is 0 Å². The van der Waals surface area contributed by atoms with Crippen LogP contribution in [0.1, 0.15) is 30.2 Å². The summed E-state index contributed by atoms with van der Waals surface area (Å²) in [6.07, 6.45) is 2.91. The molecule has 3 rings (SSSR count). The fourth-order valence-corrected chi connectivity index (χ4v) is 2.92. The van der Waals surface area contributed by atoms with Crippen LogP contribution in [0.2, 0.25) is 5.02 Å². The SMILES string of the molecule is CC(C)n1ccc2cc(-c3ccc(C=O)cc3Cl)ccc21. The summed E-state index contributed by atoms with van der Waals surface area (Å²) in [5.41, 5.74) is 3.82. The molecule has 0 atom stereocenters. The third-order valence-corrected chi connectivity index (χ3v) is 4.03. The van der Waals surface area contributed by atoms with E-state index in [1.54, 1.807) is 12.1 Å². The molecule has 1 aromatic heterocycles. The Balaban J connectivity index is 2.11. The molecule has 0 bridgehead atoms. The molecule has 3 heteroatoms. The van der Waals surface area contributed by atoms with E-state index in [-0.39, 0.29) is 0 Å². The van der Waals surface area contributed by atoms with Crippen molar-refractivity contribution in [2.45, 2.75) is 19.9 Å². The largest absolute Gasteiger partial charge is 0.345 e. The standard InChI is InChI=1S/C18H16ClNO/c1-12(2)20-8-7-15-10-14(4-6-18(15)20)16-5-3-13(11-21)9-17(16)19/h3-12H,1-2H3. The summed E-state index contributed by atoms with van der Waals surface area (Å²) in [7, 11) is 0. The predicted molar refractivity (Wildman–Crippen MR) is 88.2 cm³/mol. The number of aromatic nitrogens is 1. The van der Waals surface area contributed by atoms with Gasteiger partial charge in [-0.1, -0.05) is 29.8 Å². The number of nitrogens with zero attached hydrogens (tertiary/aromatic N) is 1. The van der Waals surface area contributed by atoms with E-state index in [1.165, 1.54) is 10.9 Å². The molecule has 0 spiro atoms. The van der Waals surface area contributed by atoms with Gasteiger partial charge in [-0.3, -0.25) is 4.79 Å². The number of hydrogen-bond donors (Lipinski definition) is 0. The van der Waals surface area contributed by atoms with Gasteiger partial charge in [0.1, 0.15) is 6.29 Å². The topological polar surface area (TPSA) is 22.0 Å². The first-order chi connectivity index (χ1) is 10.1. The molecule has 0 saturated heterocycles. The van der Waals surface area contributed by atoms with Crippen molar-refractivity contribution in [3.8, 4) is 11.1 Å². The number of carbonyl (C=O) groups is 1. The van der Waals surface area contributed by atoms with Crippen LogP contribution < -0.4 is 0 Å². The number of benzene rings is 2. The zero-order valence-corrected chi connectivity index (χ0v) is 12.8. The first-order valence-corrected chi connectivity index (χ1v) is 7.33. The van der Waals surface area contributed by atoms with E-state index >= 15 is 0 Å². The fraction of sp³-hybridized carbons (Fsp3) is 0.167. The lowest BCUT2D eigenvalue weighted by Gasteiger charge is -2.10. The summed E-state index contributed by atoms with van der Waals surface area (Å²) >= 11 is 6.29. The van der Waals surface area contributed by atoms with Crippen LogP contribution in [0.3, 0.4) is 0 Å². The monoisotopic (exact) mass is 297 g/mol. The molecule has 0 saturated carbocycles. The second-order valence-corrected chi connectivity index (χ2v) is 5.85. The molecule has 0 radical (unpaired) electrons. The van der Waals surface area contributed by atoms with Gasteiger partial charge >= 0.3 is 0 Å². The molecule has 0 amide bonds. The van der Waals surface area contributed by atoms with Crippen LogP contribution in [-0.4, -0.2) is 10.9 Å². The lowest BCUT2D eigenvalue weighted by molar-refractivity contribution is 0.112. The number of fused-ring (bicyclic) bond motifs is 1. The summed E-state index contributed by atoms with van der Waals surface area (Å²) in [5, 5.41) is 1.79. The third-order valence-electron chi connectivity index (χ3n) is 3.72. The Morgan fingerprint density at radius 2 is 1.90 bits per heavy atom. The molecule has 0 aliphatic heterocycles. The lowest BCUT2D eigenvalue weighted by atomic mass is 10.0. The van der Waals surface area contributed by atoms with Crippen molar-refractivity contribution in [2.24, 2.45) is 0 Å². The zero-order chi connectivity index (χ0) is 15.0. The Labute approximate surface area is 129 Å². The van der Waals surface area contributed by atoms with Gasteiger partial charge in [0, 0.05) is 39.3 Å². The van der Waals surface area contributed by atoms with Crippen molar-refractivity contribution < 1.29 is 4.79 Å². The van der Waals surface area contributed by atoms with Crippen molar-refractivity contribution >= 4 is 28.8 Å². The molecule has 0 fully saturated rings. The molecule has 2 aromatic carbocycles. The van der Waals surface area contributed by atoms with E-state index in [0.29, 0.717) is 16.6 Å². The highest BCUT2D eigenvalue weighted by Gasteiger charge is 2.08. The molecule has 0 N–H and O–H groups in total. The van der Waals surface area contributed by atoms with Crippen molar-refractivity contribution in [3.05, 3.63) is 59.2 Å². The van der Waals surface area contributed by atoms with E-state index in [9.17, 15) is 4.79 Å². The smallest absolute Gasteiger partial charge is 0.150 e. The first kappa shape index (κ1) is 13.9. The van der Waals surface area contributed by atoms with Crippen molar-refractivity contribution in [1.82, 2.24) is 4.57 Å². The van der Waals surface area contributed by atoms with Crippen LogP contribution in [0.5, 0.6) is 0 Å². The zero-order valence-electron chi connectivity index (χ0n) is 12.0. The second kappa shape index (κ2) is 5.38. The molecule has 21 heavy (non-hydrogen) atoms. The molecule has 0 aliphatic rings. The molecular formula is C18H16ClNO. The van der Waals surface area contributed by atoms with Gasteiger partial charge in [0.15, 0.2) is 0 Å². The number of hydrogen-bond acceptors (Lipinski definition) is 1. The Morgan fingerprint density at radius 3 is 2.57 bits per heavy atom. The van der Waals surface area contributed by atoms with Gasteiger partial charge in [0.25, 0.3) is 0 Å². The Bertz CT molecular complexity index is 817. The van der Waals surface area contributed by atoms with Crippen LogP contribution in [-0.2, 0) is 0 Å². The summed E-state index contributed by atoms with van der Waals surface area (Å²) in [4.78, 5) is 10.8. The fourth-order valence-electron chi connectivity index (χ4n) is 2.62. The molecule has 1 heterocycles. The first-order valence-electron chi connectivity index (χ1n) is 6.96. The van der Waals surface area contributed by atoms with Gasteiger partial charge in [-0.05, 0) is 43.7 Å². The quantitative estimate of drug-likeness (QED) is 0.597. The summed E-state index contributed by atoms with van der Waals surface area (Å²) in [5.74, 6) is 0. The molecular weight excluding hydrogens is 282 g/mol. The van der Waals surface area contributed by atoms with Crippen LogP contribution in [0.4, 0.5) is 0 Å². The molecule has 106 valence electrons. The number of rotatable bonds is 3. The summed E-state index contributed by atoms with van der Waals surface area (Å²) < 4.78 is 2.25. The van der Waals surface area contributed by atoms with E-state index in [0.717, 1.165) is 17.4 Å². The van der Waals surface area contributed by atoms with E-state index in [1.807, 2.05) is 6.07 Å². The lowest BCUT2D eigenvalue weighted by Crippen LogP contribution is -1.97. The highest BCUT2D eigenvalue weighted by atomic mass is 35.5. The third kappa shape index (κ3) is 2.47. The maximum Gasteiger partial charge on any atom is 0.150 e. The average Bonchev–Trinajstić information content (AvgIpc) is 2.90. The molecule has 3 aromatic rings. The van der Waals surface area contributed by atoms with Crippen LogP contribution in [0.25, 0.3) is 22.0 Å². The van der Waals surface area contributed by atoms with Crippen molar-refractivity contribution in [3.63, 3.8) is 0 Å². The van der Waals surface area contributed by atoms with E-state index < -0.39 is 0 Å². The number of aldehydes is 1. The summed E-state index contributed by atoms with van der Waals surface area (Å²) in [6.45, 7) is 4.34. The average molecular weight is 298 g/mol. The Morgan fingerprint density at radius 1 is 1.10 bits per heavy atom. The maximum atomic E-state index is 10.8. The second-order valence-electron chi connectivity index (χ2n) is 5.45. The number of carbonyl (C=O) groups excluding carboxylic acids is 1. The van der Waals surface area contributed by atoms with Crippen LogP contribution in [0, 0.1) is 0 Å². The molecule has 0 unspecified atom stereocenters. The minimum atomic E-state index is 0.434. The summed E-state index contributed by atoms with van der Waals surface area (Å²) in [6, 6.07) is 14.3. The van der Waals surface area contributed by atoms with Gasteiger partial charge in [-0.15, -0.1) is 0 Å². The molecule has 2 nitrogen and oxygen atoms in total. The van der Waals surface area contributed by atoms with Gasteiger partial charge in [-0.2, -0.15) is 0 Å². The van der Waals surface area contributed by atoms with Crippen molar-refractivity contribution in [1.29, 1.82) is 0 Å². The predicted octanol–water partition coefficient (Wildman–Crippen LogP) is 5.36. The maximum absolute atomic E-state index is 10.8. The highest BCUT2D eigenvalue weighted by Crippen LogP contribution is 2.31. The van der Waals surface area contributed by atoms with Crippen LogP contribution >= 0.6 is 11.6 Å². The number of halogens is 1. The Hall–Kier alpha value is -2.06. The minimum Gasteiger partial charge on any atom is -0.345 e. The van der Waals surface area contributed by atoms with E-state index in [4.69, 9.17) is 11.6 Å². The normalized spacial score (nSPS) is 11.2. The molecule has 0 aliphatic carbocycles. The Kier molecular flexibility index (Phi) is 3.56. The minimum absolute atomic E-state index is 0.434. The van der Waals surface area contributed by atoms with Crippen LogP contribution in [0.15, 0.2) is 48.7 Å². The highest BCUT2D eigenvalue weighted by molar-refractivity contribution is 6.33. The van der Waals surface area contributed by atoms with Gasteiger partial charge < -0.3 is 4.57 Å².